The Morgan fingerprint density at radius 3 is 2.56 bits per heavy atom. The summed E-state index contributed by atoms with van der Waals surface area (Å²) in [5, 5.41) is 3.27. The van der Waals surface area contributed by atoms with E-state index in [4.69, 9.17) is 14.2 Å². The van der Waals surface area contributed by atoms with Crippen LogP contribution in [-0.4, -0.2) is 43.5 Å². The molecule has 9 heteroatoms. The van der Waals surface area contributed by atoms with Crippen molar-refractivity contribution < 1.29 is 28.6 Å². The van der Waals surface area contributed by atoms with Gasteiger partial charge < -0.3 is 19.5 Å². The van der Waals surface area contributed by atoms with E-state index in [0.717, 1.165) is 36.1 Å². The van der Waals surface area contributed by atoms with E-state index in [0.29, 0.717) is 33.2 Å². The van der Waals surface area contributed by atoms with Gasteiger partial charge in [0.25, 0.3) is 5.91 Å². The molecule has 0 saturated heterocycles. The van der Waals surface area contributed by atoms with E-state index in [9.17, 15) is 14.4 Å². The van der Waals surface area contributed by atoms with Crippen LogP contribution in [0.15, 0.2) is 42.7 Å². The molecule has 0 bridgehead atoms. The topological polar surface area (TPSA) is 104 Å². The van der Waals surface area contributed by atoms with Crippen LogP contribution in [-0.2, 0) is 17.6 Å². The third kappa shape index (κ3) is 4.94. The Morgan fingerprint density at radius 1 is 1.03 bits per heavy atom. The van der Waals surface area contributed by atoms with Crippen LogP contribution >= 0.6 is 11.3 Å². The largest absolute Gasteiger partial charge is 0.493 e. The summed E-state index contributed by atoms with van der Waals surface area (Å²) in [5.41, 5.74) is 1.94. The molecule has 0 fully saturated rings. The van der Waals surface area contributed by atoms with E-state index in [1.807, 2.05) is 0 Å². The number of esters is 1. The number of hydrogen-bond acceptors (Lipinski definition) is 8. The van der Waals surface area contributed by atoms with Crippen molar-refractivity contribution in [2.45, 2.75) is 25.7 Å². The minimum atomic E-state index is -0.630. The molecule has 4 rings (SSSR count). The number of nitrogens with zero attached hydrogens (tertiary/aromatic N) is 1. The summed E-state index contributed by atoms with van der Waals surface area (Å²) in [4.78, 5) is 43.5. The Morgan fingerprint density at radius 2 is 1.82 bits per heavy atom. The normalized spacial score (nSPS) is 12.4. The summed E-state index contributed by atoms with van der Waals surface area (Å²) in [5.74, 6) is -0.460. The lowest BCUT2D eigenvalue weighted by molar-refractivity contribution is 0.0475. The molecule has 0 spiro atoms. The number of Topliss-reactive ketones (excluding diaryl/α,β-unsaturated/α-hetero) is 1. The minimum Gasteiger partial charge on any atom is -0.493 e. The van der Waals surface area contributed by atoms with Crippen LogP contribution in [0, 0.1) is 0 Å². The summed E-state index contributed by atoms with van der Waals surface area (Å²) >= 11 is 1.38. The van der Waals surface area contributed by atoms with Crippen molar-refractivity contribution in [1.29, 1.82) is 0 Å². The molecule has 1 aromatic carbocycles. The SMILES string of the molecule is COc1ccc(C(=O)COC(=O)c2c(NC(=O)c3cccnc3)sc3c2CCCC3)cc1OC. The van der Waals surface area contributed by atoms with Gasteiger partial charge in [0, 0.05) is 22.8 Å². The molecule has 176 valence electrons. The number of nitrogens with one attached hydrogen (secondary N) is 1. The average Bonchev–Trinajstić information content (AvgIpc) is 3.24. The maximum Gasteiger partial charge on any atom is 0.341 e. The van der Waals surface area contributed by atoms with Gasteiger partial charge >= 0.3 is 5.97 Å². The molecule has 1 amide bonds. The van der Waals surface area contributed by atoms with Crippen LogP contribution in [0.25, 0.3) is 0 Å². The molecule has 3 aromatic rings. The standard InChI is InChI=1S/C25H24N2O6S/c1-31-19-10-9-15(12-20(19)32-2)18(28)14-33-25(30)22-17-7-3-4-8-21(17)34-24(22)27-23(29)16-6-5-11-26-13-16/h5-6,9-13H,3-4,7-8,14H2,1-2H3,(H,27,29). The highest BCUT2D eigenvalue weighted by Crippen LogP contribution is 2.39. The third-order valence-corrected chi connectivity index (χ3v) is 6.77. The number of thiophene rings is 1. The summed E-state index contributed by atoms with van der Waals surface area (Å²) in [7, 11) is 2.99. The first-order chi connectivity index (χ1) is 16.5. The number of aryl methyl sites for hydroxylation is 1. The summed E-state index contributed by atoms with van der Waals surface area (Å²) in [6.45, 7) is -0.436. The highest BCUT2D eigenvalue weighted by atomic mass is 32.1. The van der Waals surface area contributed by atoms with Crippen molar-refractivity contribution in [3.8, 4) is 11.5 Å². The van der Waals surface area contributed by atoms with E-state index < -0.39 is 12.6 Å². The number of pyridine rings is 1. The number of amides is 1. The summed E-state index contributed by atoms with van der Waals surface area (Å²) in [6.07, 6.45) is 6.58. The van der Waals surface area contributed by atoms with Gasteiger partial charge in [-0.05, 0) is 61.6 Å². The minimum absolute atomic E-state index is 0.331. The fourth-order valence-electron chi connectivity index (χ4n) is 3.84. The van der Waals surface area contributed by atoms with Crippen LogP contribution in [0.5, 0.6) is 11.5 Å². The van der Waals surface area contributed by atoms with Crippen molar-refractivity contribution in [2.75, 3.05) is 26.1 Å². The number of fused-ring (bicyclic) bond motifs is 1. The van der Waals surface area contributed by atoms with Crippen LogP contribution < -0.4 is 14.8 Å². The Kier molecular flexibility index (Phi) is 7.22. The first-order valence-corrected chi connectivity index (χ1v) is 11.6. The van der Waals surface area contributed by atoms with Crippen LogP contribution in [0.3, 0.4) is 0 Å². The number of ether oxygens (including phenoxy) is 3. The van der Waals surface area contributed by atoms with Gasteiger partial charge in [0.2, 0.25) is 0 Å². The van der Waals surface area contributed by atoms with Gasteiger partial charge in [-0.2, -0.15) is 0 Å². The first kappa shape index (κ1) is 23.4. The Bertz CT molecular complexity index is 1220. The van der Waals surface area contributed by atoms with Gasteiger partial charge in [-0.25, -0.2) is 4.79 Å². The van der Waals surface area contributed by atoms with E-state index in [-0.39, 0.29) is 11.7 Å². The lowest BCUT2D eigenvalue weighted by Gasteiger charge is -2.13. The third-order valence-electron chi connectivity index (χ3n) is 5.57. The quantitative estimate of drug-likeness (QED) is 0.378. The number of carbonyl (C=O) groups excluding carboxylic acids is 3. The predicted octanol–water partition coefficient (Wildman–Crippen LogP) is 4.33. The molecule has 34 heavy (non-hydrogen) atoms. The number of aromatic nitrogens is 1. The monoisotopic (exact) mass is 480 g/mol. The fraction of sp³-hybridized carbons (Fsp3) is 0.280. The zero-order valence-corrected chi connectivity index (χ0v) is 19.7. The molecule has 1 aliphatic carbocycles. The van der Waals surface area contributed by atoms with Gasteiger partial charge in [0.1, 0.15) is 5.00 Å². The summed E-state index contributed by atoms with van der Waals surface area (Å²) < 4.78 is 15.8. The van der Waals surface area contributed by atoms with Crippen molar-refractivity contribution in [2.24, 2.45) is 0 Å². The van der Waals surface area contributed by atoms with Gasteiger partial charge in [-0.1, -0.05) is 0 Å². The van der Waals surface area contributed by atoms with Gasteiger partial charge in [-0.15, -0.1) is 11.3 Å². The molecule has 2 aromatic heterocycles. The second-order valence-electron chi connectivity index (χ2n) is 7.68. The molecule has 1 N–H and O–H groups in total. The number of methoxy groups -OCH3 is 2. The molecular formula is C25H24N2O6S. The maximum absolute atomic E-state index is 13.1. The lowest BCUT2D eigenvalue weighted by atomic mass is 9.95. The molecule has 1 aliphatic rings. The van der Waals surface area contributed by atoms with Crippen molar-refractivity contribution in [3.63, 3.8) is 0 Å². The number of benzene rings is 1. The Balaban J connectivity index is 1.53. The van der Waals surface area contributed by atoms with E-state index >= 15 is 0 Å². The predicted molar refractivity (Wildman–Crippen MR) is 127 cm³/mol. The van der Waals surface area contributed by atoms with Crippen molar-refractivity contribution in [3.05, 3.63) is 69.9 Å². The number of carbonyl (C=O) groups is 3. The van der Waals surface area contributed by atoms with Crippen LogP contribution in [0.1, 0.15) is 54.4 Å². The van der Waals surface area contributed by atoms with Crippen molar-refractivity contribution in [1.82, 2.24) is 4.98 Å². The number of hydrogen-bond donors (Lipinski definition) is 1. The Labute approximate surface area is 200 Å². The van der Waals surface area contributed by atoms with E-state index in [1.54, 1.807) is 36.5 Å². The molecular weight excluding hydrogens is 456 g/mol. The van der Waals surface area contributed by atoms with Gasteiger partial charge in [0.15, 0.2) is 23.9 Å². The Hall–Kier alpha value is -3.72. The van der Waals surface area contributed by atoms with Crippen LogP contribution in [0.4, 0.5) is 5.00 Å². The second kappa shape index (κ2) is 10.5. The molecule has 0 saturated carbocycles. The number of anilines is 1. The summed E-state index contributed by atoms with van der Waals surface area (Å²) in [6, 6.07) is 8.07. The number of rotatable bonds is 8. The van der Waals surface area contributed by atoms with Gasteiger partial charge in [-0.3, -0.25) is 14.6 Å². The highest BCUT2D eigenvalue weighted by Gasteiger charge is 2.28. The molecule has 0 radical (unpaired) electrons. The smallest absolute Gasteiger partial charge is 0.341 e. The first-order valence-electron chi connectivity index (χ1n) is 10.8. The molecule has 8 nitrogen and oxygen atoms in total. The van der Waals surface area contributed by atoms with Crippen LogP contribution in [0.2, 0.25) is 0 Å². The maximum atomic E-state index is 13.1. The molecule has 0 atom stereocenters. The molecule has 0 aliphatic heterocycles. The van der Waals surface area contributed by atoms with Gasteiger partial charge in [0.05, 0.1) is 25.3 Å². The molecule has 2 heterocycles. The number of ketones is 1. The zero-order chi connectivity index (χ0) is 24.1. The van der Waals surface area contributed by atoms with E-state index in [2.05, 4.69) is 10.3 Å². The second-order valence-corrected chi connectivity index (χ2v) is 8.79. The average molecular weight is 481 g/mol. The fourth-order valence-corrected chi connectivity index (χ4v) is 5.11. The highest BCUT2D eigenvalue weighted by molar-refractivity contribution is 7.17. The molecule has 0 unspecified atom stereocenters. The van der Waals surface area contributed by atoms with E-state index in [1.165, 1.54) is 31.8 Å². The van der Waals surface area contributed by atoms with Crippen molar-refractivity contribution >= 4 is 34.0 Å². The lowest BCUT2D eigenvalue weighted by Crippen LogP contribution is -2.18. The zero-order valence-electron chi connectivity index (χ0n) is 18.9.